The highest BCUT2D eigenvalue weighted by Crippen LogP contribution is 2.25. The first-order valence-electron chi connectivity index (χ1n) is 6.91. The van der Waals surface area contributed by atoms with Crippen molar-refractivity contribution < 1.29 is 4.79 Å². The monoisotopic (exact) mass is 292 g/mol. The summed E-state index contributed by atoms with van der Waals surface area (Å²) in [5, 5.41) is 1.96. The van der Waals surface area contributed by atoms with Crippen LogP contribution in [0.15, 0.2) is 11.6 Å². The molecule has 0 aromatic carbocycles. The molecule has 20 heavy (non-hydrogen) atoms. The standard InChI is InChI=1S/C14H20N4OS/c1-14(2,3)17-6-4-16(5-7-17)12-11(10-19)18-8-9-20-13(18)15-12/h8-10H,4-7H2,1-3H3. The normalized spacial score (nSPS) is 17.9. The maximum atomic E-state index is 11.4. The van der Waals surface area contributed by atoms with Gasteiger partial charge in [-0.2, -0.15) is 0 Å². The molecule has 0 bridgehead atoms. The van der Waals surface area contributed by atoms with Crippen molar-refractivity contribution in [3.63, 3.8) is 0 Å². The number of hydrogen-bond acceptors (Lipinski definition) is 5. The highest BCUT2D eigenvalue weighted by molar-refractivity contribution is 7.15. The number of piperazine rings is 1. The average molecular weight is 292 g/mol. The number of nitrogens with zero attached hydrogens (tertiary/aromatic N) is 4. The summed E-state index contributed by atoms with van der Waals surface area (Å²) in [4.78, 5) is 21.6. The zero-order valence-corrected chi connectivity index (χ0v) is 13.0. The molecule has 5 nitrogen and oxygen atoms in total. The Morgan fingerprint density at radius 3 is 2.55 bits per heavy atom. The summed E-state index contributed by atoms with van der Waals surface area (Å²) >= 11 is 1.56. The first-order valence-corrected chi connectivity index (χ1v) is 7.79. The number of hydrogen-bond donors (Lipinski definition) is 0. The van der Waals surface area contributed by atoms with Crippen LogP contribution in [-0.2, 0) is 0 Å². The van der Waals surface area contributed by atoms with Gasteiger partial charge in [-0.1, -0.05) is 0 Å². The Hall–Kier alpha value is -1.40. The molecule has 0 unspecified atom stereocenters. The number of anilines is 1. The van der Waals surface area contributed by atoms with Gasteiger partial charge >= 0.3 is 0 Å². The van der Waals surface area contributed by atoms with Gasteiger partial charge in [-0.05, 0) is 20.8 Å². The van der Waals surface area contributed by atoms with E-state index in [2.05, 4.69) is 35.6 Å². The van der Waals surface area contributed by atoms with E-state index in [1.54, 1.807) is 11.3 Å². The summed E-state index contributed by atoms with van der Waals surface area (Å²) in [6.07, 6.45) is 2.82. The van der Waals surface area contributed by atoms with Crippen LogP contribution >= 0.6 is 11.3 Å². The number of fused-ring (bicyclic) bond motifs is 1. The second kappa shape index (κ2) is 4.86. The number of rotatable bonds is 2. The largest absolute Gasteiger partial charge is 0.352 e. The lowest BCUT2D eigenvalue weighted by Gasteiger charge is -2.42. The summed E-state index contributed by atoms with van der Waals surface area (Å²) in [7, 11) is 0. The van der Waals surface area contributed by atoms with E-state index in [4.69, 9.17) is 0 Å². The average Bonchev–Trinajstić information content (AvgIpc) is 2.97. The summed E-state index contributed by atoms with van der Waals surface area (Å²) in [6.45, 7) is 10.6. The molecule has 0 spiro atoms. The van der Waals surface area contributed by atoms with Crippen molar-refractivity contribution in [2.75, 3.05) is 31.1 Å². The molecule has 1 fully saturated rings. The Labute approximate surface area is 122 Å². The topological polar surface area (TPSA) is 40.9 Å². The SMILES string of the molecule is CC(C)(C)N1CCN(c2nc3sccn3c2C=O)CC1. The quantitative estimate of drug-likeness (QED) is 0.795. The fourth-order valence-electron chi connectivity index (χ4n) is 2.72. The van der Waals surface area contributed by atoms with Gasteiger partial charge in [0.25, 0.3) is 0 Å². The number of carbonyl (C=O) groups excluding carboxylic acids is 1. The molecule has 1 aliphatic rings. The van der Waals surface area contributed by atoms with Gasteiger partial charge in [-0.3, -0.25) is 14.1 Å². The molecule has 1 aliphatic heterocycles. The van der Waals surface area contributed by atoms with E-state index in [1.165, 1.54) is 0 Å². The Morgan fingerprint density at radius 1 is 1.25 bits per heavy atom. The highest BCUT2D eigenvalue weighted by atomic mass is 32.1. The van der Waals surface area contributed by atoms with E-state index in [1.807, 2.05) is 16.0 Å². The zero-order chi connectivity index (χ0) is 14.3. The van der Waals surface area contributed by atoms with Gasteiger partial charge in [-0.25, -0.2) is 4.98 Å². The van der Waals surface area contributed by atoms with Crippen LogP contribution in [0, 0.1) is 0 Å². The maximum Gasteiger partial charge on any atom is 0.196 e. The van der Waals surface area contributed by atoms with Crippen molar-refractivity contribution in [3.05, 3.63) is 17.3 Å². The van der Waals surface area contributed by atoms with Crippen molar-refractivity contribution in [1.29, 1.82) is 0 Å². The van der Waals surface area contributed by atoms with Gasteiger partial charge in [0.15, 0.2) is 17.1 Å². The van der Waals surface area contributed by atoms with Crippen LogP contribution in [0.3, 0.4) is 0 Å². The predicted octanol–water partition coefficient (Wildman–Crippen LogP) is 2.13. The third-order valence-electron chi connectivity index (χ3n) is 3.92. The van der Waals surface area contributed by atoms with E-state index < -0.39 is 0 Å². The molecule has 0 atom stereocenters. The minimum atomic E-state index is 0.203. The van der Waals surface area contributed by atoms with Crippen molar-refractivity contribution >= 4 is 28.4 Å². The predicted molar refractivity (Wildman–Crippen MR) is 82.0 cm³/mol. The van der Waals surface area contributed by atoms with Gasteiger partial charge in [0.05, 0.1) is 0 Å². The summed E-state index contributed by atoms with van der Waals surface area (Å²) in [6, 6.07) is 0. The molecule has 108 valence electrons. The molecular weight excluding hydrogens is 272 g/mol. The van der Waals surface area contributed by atoms with Crippen LogP contribution in [0.5, 0.6) is 0 Å². The molecule has 6 heteroatoms. The van der Waals surface area contributed by atoms with E-state index in [-0.39, 0.29) is 5.54 Å². The lowest BCUT2D eigenvalue weighted by Crippen LogP contribution is -2.53. The fraction of sp³-hybridized carbons (Fsp3) is 0.571. The van der Waals surface area contributed by atoms with Crippen LogP contribution in [0.25, 0.3) is 4.96 Å². The van der Waals surface area contributed by atoms with E-state index in [0.29, 0.717) is 5.69 Å². The van der Waals surface area contributed by atoms with Crippen molar-refractivity contribution in [1.82, 2.24) is 14.3 Å². The lowest BCUT2D eigenvalue weighted by molar-refractivity contribution is 0.111. The molecule has 0 aliphatic carbocycles. The molecule has 0 amide bonds. The zero-order valence-electron chi connectivity index (χ0n) is 12.2. The van der Waals surface area contributed by atoms with Crippen molar-refractivity contribution in [3.8, 4) is 0 Å². The Morgan fingerprint density at radius 2 is 1.95 bits per heavy atom. The molecule has 2 aromatic rings. The van der Waals surface area contributed by atoms with Gasteiger partial charge in [-0.15, -0.1) is 11.3 Å². The first kappa shape index (κ1) is 13.6. The van der Waals surface area contributed by atoms with Crippen LogP contribution in [0.1, 0.15) is 31.3 Å². The maximum absolute atomic E-state index is 11.4. The number of aldehydes is 1. The van der Waals surface area contributed by atoms with Crippen LogP contribution in [0.4, 0.5) is 5.82 Å². The molecular formula is C14H20N4OS. The van der Waals surface area contributed by atoms with Crippen molar-refractivity contribution in [2.45, 2.75) is 26.3 Å². The van der Waals surface area contributed by atoms with E-state index in [9.17, 15) is 4.79 Å². The first-order chi connectivity index (χ1) is 9.50. The van der Waals surface area contributed by atoms with Crippen molar-refractivity contribution in [2.24, 2.45) is 0 Å². The van der Waals surface area contributed by atoms with Crippen LogP contribution in [0.2, 0.25) is 0 Å². The van der Waals surface area contributed by atoms with Gasteiger partial charge in [0, 0.05) is 43.3 Å². The summed E-state index contributed by atoms with van der Waals surface area (Å²) < 4.78 is 1.88. The third kappa shape index (κ3) is 2.23. The molecule has 3 heterocycles. The lowest BCUT2D eigenvalue weighted by atomic mass is 10.0. The molecule has 0 N–H and O–H groups in total. The van der Waals surface area contributed by atoms with Gasteiger partial charge < -0.3 is 4.90 Å². The number of aromatic nitrogens is 2. The van der Waals surface area contributed by atoms with Crippen LogP contribution in [-0.4, -0.2) is 52.3 Å². The fourth-order valence-corrected chi connectivity index (χ4v) is 3.44. The number of thiazole rings is 1. The minimum absolute atomic E-state index is 0.203. The number of imidazole rings is 1. The van der Waals surface area contributed by atoms with E-state index >= 15 is 0 Å². The Kier molecular flexibility index (Phi) is 3.30. The number of carbonyl (C=O) groups is 1. The molecule has 3 rings (SSSR count). The molecule has 2 aromatic heterocycles. The third-order valence-corrected chi connectivity index (χ3v) is 4.68. The smallest absolute Gasteiger partial charge is 0.196 e. The Balaban J connectivity index is 1.83. The van der Waals surface area contributed by atoms with Gasteiger partial charge in [0.2, 0.25) is 0 Å². The minimum Gasteiger partial charge on any atom is -0.352 e. The second-order valence-electron chi connectivity index (χ2n) is 6.14. The van der Waals surface area contributed by atoms with Crippen LogP contribution < -0.4 is 4.90 Å². The van der Waals surface area contributed by atoms with Gasteiger partial charge in [0.1, 0.15) is 5.69 Å². The second-order valence-corrected chi connectivity index (χ2v) is 7.01. The molecule has 0 radical (unpaired) electrons. The Bertz CT molecular complexity index is 617. The highest BCUT2D eigenvalue weighted by Gasteiger charge is 2.28. The molecule has 1 saturated heterocycles. The summed E-state index contributed by atoms with van der Waals surface area (Å²) in [5.41, 5.74) is 0.874. The summed E-state index contributed by atoms with van der Waals surface area (Å²) in [5.74, 6) is 0.834. The molecule has 0 saturated carbocycles. The van der Waals surface area contributed by atoms with E-state index in [0.717, 1.165) is 43.2 Å².